The van der Waals surface area contributed by atoms with Gasteiger partial charge in [0.05, 0.1) is 13.2 Å². The summed E-state index contributed by atoms with van der Waals surface area (Å²) < 4.78 is 5.67. The molecule has 2 aliphatic rings. The standard InChI is InChI=1S/C15H30N2O2/c1-12(2)16-9-15(5-7-19-11-15)10-17-6-4-13(3)14(17)8-18/h12-14,16,18H,4-11H2,1-3H3. The van der Waals surface area contributed by atoms with Crippen molar-refractivity contribution in [3.8, 4) is 0 Å². The number of hydrogen-bond acceptors (Lipinski definition) is 4. The lowest BCUT2D eigenvalue weighted by Gasteiger charge is -2.36. The van der Waals surface area contributed by atoms with Gasteiger partial charge in [-0.2, -0.15) is 0 Å². The van der Waals surface area contributed by atoms with Crippen LogP contribution in [0, 0.1) is 11.3 Å². The van der Waals surface area contributed by atoms with Crippen molar-refractivity contribution in [3.05, 3.63) is 0 Å². The average Bonchev–Trinajstić information content (AvgIpc) is 2.96. The van der Waals surface area contributed by atoms with Crippen molar-refractivity contribution in [1.82, 2.24) is 10.2 Å². The highest BCUT2D eigenvalue weighted by Crippen LogP contribution is 2.33. The Hall–Kier alpha value is -0.160. The van der Waals surface area contributed by atoms with E-state index in [-0.39, 0.29) is 12.0 Å². The molecule has 2 N–H and O–H groups in total. The summed E-state index contributed by atoms with van der Waals surface area (Å²) in [6.45, 7) is 11.9. The zero-order valence-electron chi connectivity index (χ0n) is 12.7. The lowest BCUT2D eigenvalue weighted by molar-refractivity contribution is 0.0737. The van der Waals surface area contributed by atoms with Crippen LogP contribution >= 0.6 is 0 Å². The van der Waals surface area contributed by atoms with Crippen molar-refractivity contribution >= 4 is 0 Å². The minimum atomic E-state index is 0.238. The molecule has 2 rings (SSSR count). The molecule has 4 nitrogen and oxygen atoms in total. The van der Waals surface area contributed by atoms with Crippen molar-refractivity contribution in [1.29, 1.82) is 0 Å². The fraction of sp³-hybridized carbons (Fsp3) is 1.00. The molecule has 3 unspecified atom stereocenters. The molecule has 0 saturated carbocycles. The Bertz CT molecular complexity index is 277. The molecular weight excluding hydrogens is 240 g/mol. The molecule has 4 heteroatoms. The Balaban J connectivity index is 1.96. The van der Waals surface area contributed by atoms with Crippen LogP contribution in [0.2, 0.25) is 0 Å². The lowest BCUT2D eigenvalue weighted by Crippen LogP contribution is -2.48. The van der Waals surface area contributed by atoms with Gasteiger partial charge in [0.2, 0.25) is 0 Å². The maximum Gasteiger partial charge on any atom is 0.0589 e. The van der Waals surface area contributed by atoms with E-state index in [1.165, 1.54) is 6.42 Å². The summed E-state index contributed by atoms with van der Waals surface area (Å²) in [7, 11) is 0. The monoisotopic (exact) mass is 270 g/mol. The number of nitrogens with one attached hydrogen (secondary N) is 1. The smallest absolute Gasteiger partial charge is 0.0589 e. The second-order valence-electron chi connectivity index (χ2n) is 6.82. The third-order valence-corrected chi connectivity index (χ3v) is 4.79. The van der Waals surface area contributed by atoms with E-state index >= 15 is 0 Å². The largest absolute Gasteiger partial charge is 0.395 e. The predicted molar refractivity (Wildman–Crippen MR) is 77.2 cm³/mol. The van der Waals surface area contributed by atoms with E-state index in [1.807, 2.05) is 0 Å². The third kappa shape index (κ3) is 3.69. The lowest BCUT2D eigenvalue weighted by atomic mass is 9.86. The number of aliphatic hydroxyl groups is 1. The molecular formula is C15H30N2O2. The van der Waals surface area contributed by atoms with E-state index in [0.717, 1.165) is 39.3 Å². The molecule has 0 aromatic heterocycles. The van der Waals surface area contributed by atoms with Gasteiger partial charge < -0.3 is 15.2 Å². The third-order valence-electron chi connectivity index (χ3n) is 4.79. The second kappa shape index (κ2) is 6.53. The first-order chi connectivity index (χ1) is 9.06. The molecule has 0 aromatic carbocycles. The quantitative estimate of drug-likeness (QED) is 0.758. The first-order valence-corrected chi connectivity index (χ1v) is 7.72. The maximum atomic E-state index is 9.59. The Labute approximate surface area is 117 Å². The highest BCUT2D eigenvalue weighted by molar-refractivity contribution is 4.93. The van der Waals surface area contributed by atoms with Gasteiger partial charge in [0.1, 0.15) is 0 Å². The fourth-order valence-electron chi connectivity index (χ4n) is 3.40. The van der Waals surface area contributed by atoms with E-state index in [1.54, 1.807) is 0 Å². The van der Waals surface area contributed by atoms with Crippen molar-refractivity contribution in [2.24, 2.45) is 11.3 Å². The summed E-state index contributed by atoms with van der Waals surface area (Å²) in [6, 6.07) is 0.861. The molecule has 0 spiro atoms. The van der Waals surface area contributed by atoms with Gasteiger partial charge in [0, 0.05) is 37.2 Å². The van der Waals surface area contributed by atoms with Crippen molar-refractivity contribution in [2.45, 2.75) is 45.7 Å². The molecule has 112 valence electrons. The normalized spacial score (nSPS) is 36.5. The first kappa shape index (κ1) is 15.2. The predicted octanol–water partition coefficient (Wildman–Crippen LogP) is 1.09. The number of rotatable bonds is 6. The van der Waals surface area contributed by atoms with Crippen LogP contribution in [0.5, 0.6) is 0 Å². The number of hydrogen-bond donors (Lipinski definition) is 2. The SMILES string of the molecule is CC(C)NCC1(CN2CCC(C)C2CO)CCOC1. The minimum absolute atomic E-state index is 0.238. The molecule has 2 fully saturated rings. The van der Waals surface area contributed by atoms with Crippen LogP contribution in [0.4, 0.5) is 0 Å². The summed E-state index contributed by atoms with van der Waals surface area (Å²) >= 11 is 0. The first-order valence-electron chi connectivity index (χ1n) is 7.72. The summed E-state index contributed by atoms with van der Waals surface area (Å²) in [5.74, 6) is 0.613. The van der Waals surface area contributed by atoms with Crippen LogP contribution in [0.3, 0.4) is 0 Å². The summed E-state index contributed by atoms with van der Waals surface area (Å²) in [5, 5.41) is 13.2. The molecule has 0 bridgehead atoms. The van der Waals surface area contributed by atoms with E-state index in [9.17, 15) is 5.11 Å². The Morgan fingerprint density at radius 1 is 1.47 bits per heavy atom. The molecule has 0 aromatic rings. The van der Waals surface area contributed by atoms with E-state index < -0.39 is 0 Å². The molecule has 2 saturated heterocycles. The van der Waals surface area contributed by atoms with Gasteiger partial charge in [-0.3, -0.25) is 4.90 Å². The van der Waals surface area contributed by atoms with Gasteiger partial charge in [-0.25, -0.2) is 0 Å². The Kier molecular flexibility index (Phi) is 5.23. The summed E-state index contributed by atoms with van der Waals surface area (Å²) in [4.78, 5) is 2.49. The van der Waals surface area contributed by atoms with E-state index in [0.29, 0.717) is 18.0 Å². The van der Waals surface area contributed by atoms with Gasteiger partial charge in [-0.05, 0) is 25.3 Å². The molecule has 0 amide bonds. The highest BCUT2D eigenvalue weighted by atomic mass is 16.5. The van der Waals surface area contributed by atoms with Crippen molar-refractivity contribution in [3.63, 3.8) is 0 Å². The van der Waals surface area contributed by atoms with Gasteiger partial charge in [0.15, 0.2) is 0 Å². The van der Waals surface area contributed by atoms with E-state index in [4.69, 9.17) is 4.74 Å². The topological polar surface area (TPSA) is 44.7 Å². The number of nitrogens with zero attached hydrogens (tertiary/aromatic N) is 1. The number of aliphatic hydroxyl groups excluding tert-OH is 1. The Morgan fingerprint density at radius 2 is 2.26 bits per heavy atom. The molecule has 2 heterocycles. The fourth-order valence-corrected chi connectivity index (χ4v) is 3.40. The van der Waals surface area contributed by atoms with Gasteiger partial charge in [0.25, 0.3) is 0 Å². The van der Waals surface area contributed by atoms with Gasteiger partial charge >= 0.3 is 0 Å². The average molecular weight is 270 g/mol. The van der Waals surface area contributed by atoms with Crippen LogP contribution in [0.25, 0.3) is 0 Å². The molecule has 0 radical (unpaired) electrons. The minimum Gasteiger partial charge on any atom is -0.395 e. The zero-order valence-corrected chi connectivity index (χ0v) is 12.7. The van der Waals surface area contributed by atoms with Crippen LogP contribution in [0.15, 0.2) is 0 Å². The van der Waals surface area contributed by atoms with Crippen LogP contribution in [-0.2, 0) is 4.74 Å². The van der Waals surface area contributed by atoms with Crippen LogP contribution in [-0.4, -0.2) is 61.5 Å². The number of likely N-dealkylation sites (tertiary alicyclic amines) is 1. The van der Waals surface area contributed by atoms with Crippen molar-refractivity contribution in [2.75, 3.05) is 39.5 Å². The van der Waals surface area contributed by atoms with Gasteiger partial charge in [-0.15, -0.1) is 0 Å². The molecule has 0 aliphatic carbocycles. The maximum absolute atomic E-state index is 9.59. The van der Waals surface area contributed by atoms with Crippen LogP contribution in [0.1, 0.15) is 33.6 Å². The molecule has 19 heavy (non-hydrogen) atoms. The second-order valence-corrected chi connectivity index (χ2v) is 6.82. The Morgan fingerprint density at radius 3 is 2.84 bits per heavy atom. The van der Waals surface area contributed by atoms with E-state index in [2.05, 4.69) is 31.0 Å². The highest BCUT2D eigenvalue weighted by Gasteiger charge is 2.40. The summed E-state index contributed by atoms with van der Waals surface area (Å²) in [6.07, 6.45) is 2.34. The molecule has 3 atom stereocenters. The summed E-state index contributed by atoms with van der Waals surface area (Å²) in [5.41, 5.74) is 0.238. The van der Waals surface area contributed by atoms with Gasteiger partial charge in [-0.1, -0.05) is 20.8 Å². The molecule has 2 aliphatic heterocycles. The van der Waals surface area contributed by atoms with Crippen molar-refractivity contribution < 1.29 is 9.84 Å². The van der Waals surface area contributed by atoms with Crippen LogP contribution < -0.4 is 5.32 Å². The zero-order chi connectivity index (χ0) is 13.9. The number of ether oxygens (including phenoxy) is 1.